The molecule has 5 nitrogen and oxygen atoms in total. The fraction of sp³-hybridized carbons (Fsp3) is 0.444. The zero-order valence-electron chi connectivity index (χ0n) is 14.3. The number of nitrogens with one attached hydrogen (secondary N) is 1. The molecule has 1 heterocycles. The highest BCUT2D eigenvalue weighted by molar-refractivity contribution is 6.42. The lowest BCUT2D eigenvalue weighted by Crippen LogP contribution is -2.30. The predicted octanol–water partition coefficient (Wildman–Crippen LogP) is 4.28. The molecular weight excluding hydrogens is 361 g/mol. The molecule has 1 saturated carbocycles. The van der Waals surface area contributed by atoms with Gasteiger partial charge in [-0.15, -0.1) is 0 Å². The van der Waals surface area contributed by atoms with Gasteiger partial charge in [-0.1, -0.05) is 29.3 Å². The number of aromatic nitrogens is 1. The van der Waals surface area contributed by atoms with Gasteiger partial charge in [0.25, 0.3) is 5.91 Å². The number of rotatable bonds is 7. The minimum Gasteiger partial charge on any atom is -0.447 e. The van der Waals surface area contributed by atoms with Crippen LogP contribution >= 0.6 is 23.2 Å². The van der Waals surface area contributed by atoms with Crippen molar-refractivity contribution in [2.45, 2.75) is 51.9 Å². The number of carbonyl (C=O) groups excluding carboxylic acids is 1. The number of carbonyl (C=O) groups is 1. The summed E-state index contributed by atoms with van der Waals surface area (Å²) in [4.78, 5) is 18.5. The Hall–Kier alpha value is -1.56. The van der Waals surface area contributed by atoms with Crippen molar-refractivity contribution in [3.05, 3.63) is 51.7 Å². The van der Waals surface area contributed by atoms with Gasteiger partial charge in [-0.3, -0.25) is 9.69 Å². The molecule has 0 unspecified atom stereocenters. The van der Waals surface area contributed by atoms with E-state index in [1.165, 1.54) is 6.26 Å². The predicted molar refractivity (Wildman–Crippen MR) is 97.8 cm³/mol. The third-order valence-corrected chi connectivity index (χ3v) is 4.87. The van der Waals surface area contributed by atoms with Gasteiger partial charge in [0.05, 0.1) is 16.6 Å². The summed E-state index contributed by atoms with van der Waals surface area (Å²) in [5.74, 6) is 0.354. The van der Waals surface area contributed by atoms with Crippen molar-refractivity contribution in [3.8, 4) is 0 Å². The molecule has 0 radical (unpaired) electrons. The molecule has 0 bridgehead atoms. The van der Waals surface area contributed by atoms with Gasteiger partial charge in [-0.2, -0.15) is 0 Å². The van der Waals surface area contributed by atoms with Crippen LogP contribution in [0.3, 0.4) is 0 Å². The molecular formula is C18H21Cl2N3O2. The van der Waals surface area contributed by atoms with Gasteiger partial charge in [0.1, 0.15) is 6.26 Å². The van der Waals surface area contributed by atoms with Crippen molar-refractivity contribution >= 4 is 29.1 Å². The Morgan fingerprint density at radius 1 is 1.32 bits per heavy atom. The Morgan fingerprint density at radius 3 is 2.72 bits per heavy atom. The van der Waals surface area contributed by atoms with Crippen molar-refractivity contribution in [3.63, 3.8) is 0 Å². The van der Waals surface area contributed by atoms with Gasteiger partial charge in [0, 0.05) is 18.6 Å². The Bertz CT molecular complexity index is 757. The second kappa shape index (κ2) is 7.77. The first-order valence-corrected chi connectivity index (χ1v) is 9.11. The average molecular weight is 382 g/mol. The van der Waals surface area contributed by atoms with Gasteiger partial charge >= 0.3 is 0 Å². The fourth-order valence-electron chi connectivity index (χ4n) is 2.44. The van der Waals surface area contributed by atoms with Crippen LogP contribution in [0.1, 0.15) is 48.6 Å². The summed E-state index contributed by atoms with van der Waals surface area (Å²) in [5, 5.41) is 3.99. The van der Waals surface area contributed by atoms with E-state index in [0.717, 1.165) is 18.4 Å². The molecule has 0 aliphatic heterocycles. The molecule has 7 heteroatoms. The van der Waals surface area contributed by atoms with Crippen molar-refractivity contribution in [2.75, 3.05) is 0 Å². The highest BCUT2D eigenvalue weighted by Gasteiger charge is 2.25. The highest BCUT2D eigenvalue weighted by Crippen LogP contribution is 2.24. The molecule has 0 spiro atoms. The summed E-state index contributed by atoms with van der Waals surface area (Å²) in [6, 6.07) is 6.18. The summed E-state index contributed by atoms with van der Waals surface area (Å²) in [6.45, 7) is 5.39. The maximum absolute atomic E-state index is 12.0. The summed E-state index contributed by atoms with van der Waals surface area (Å²) in [5.41, 5.74) is 1.39. The van der Waals surface area contributed by atoms with E-state index < -0.39 is 0 Å². The second-order valence-corrected chi connectivity index (χ2v) is 7.44. The summed E-state index contributed by atoms with van der Waals surface area (Å²) in [7, 11) is 0. The van der Waals surface area contributed by atoms with Gasteiger partial charge < -0.3 is 9.73 Å². The van der Waals surface area contributed by atoms with Gasteiger partial charge in [-0.25, -0.2) is 4.98 Å². The van der Waals surface area contributed by atoms with Crippen molar-refractivity contribution < 1.29 is 9.21 Å². The van der Waals surface area contributed by atoms with Crippen molar-refractivity contribution in [1.29, 1.82) is 0 Å². The quantitative estimate of drug-likeness (QED) is 0.777. The monoisotopic (exact) mass is 381 g/mol. The topological polar surface area (TPSA) is 58.4 Å². The number of amides is 1. The lowest BCUT2D eigenvalue weighted by Gasteiger charge is -2.25. The van der Waals surface area contributed by atoms with Crippen molar-refractivity contribution in [2.24, 2.45) is 0 Å². The van der Waals surface area contributed by atoms with Gasteiger partial charge in [0.2, 0.25) is 5.89 Å². The molecule has 1 aromatic carbocycles. The molecule has 0 saturated heterocycles. The number of benzene rings is 1. The first kappa shape index (κ1) is 18.2. The number of hydrogen-bond donors (Lipinski definition) is 1. The first-order valence-electron chi connectivity index (χ1n) is 8.35. The highest BCUT2D eigenvalue weighted by atomic mass is 35.5. The maximum atomic E-state index is 12.0. The van der Waals surface area contributed by atoms with E-state index in [0.29, 0.717) is 40.8 Å². The third-order valence-electron chi connectivity index (χ3n) is 4.14. The average Bonchev–Trinajstić information content (AvgIpc) is 3.25. The standard InChI is InChI=1S/C18H21Cl2N3O2/c1-11(2)23(8-12-3-6-14(19)15(20)7-12)9-17-22-16(10-25-17)18(24)21-13-4-5-13/h3,6-7,10-11,13H,4-5,8-9H2,1-2H3,(H,21,24). The van der Waals surface area contributed by atoms with Crippen LogP contribution in [0.25, 0.3) is 0 Å². The molecule has 1 aliphatic rings. The normalized spacial score (nSPS) is 14.3. The summed E-state index contributed by atoms with van der Waals surface area (Å²) < 4.78 is 5.49. The molecule has 25 heavy (non-hydrogen) atoms. The number of oxazole rings is 1. The van der Waals surface area contributed by atoms with Crippen LogP contribution < -0.4 is 5.32 Å². The zero-order chi connectivity index (χ0) is 18.0. The van der Waals surface area contributed by atoms with E-state index in [2.05, 4.69) is 29.0 Å². The third kappa shape index (κ3) is 4.97. The van der Waals surface area contributed by atoms with Crippen LogP contribution in [-0.4, -0.2) is 27.9 Å². The van der Waals surface area contributed by atoms with Gasteiger partial charge in [-0.05, 0) is 44.4 Å². The fourth-order valence-corrected chi connectivity index (χ4v) is 2.76. The lowest BCUT2D eigenvalue weighted by atomic mass is 10.2. The summed E-state index contributed by atoms with van der Waals surface area (Å²) >= 11 is 12.1. The van der Waals surface area contributed by atoms with Crippen LogP contribution in [0.4, 0.5) is 0 Å². The SMILES string of the molecule is CC(C)N(Cc1ccc(Cl)c(Cl)c1)Cc1nc(C(=O)NC2CC2)co1. The molecule has 3 rings (SSSR count). The van der Waals surface area contributed by atoms with E-state index in [9.17, 15) is 4.79 Å². The first-order chi connectivity index (χ1) is 11.9. The van der Waals surface area contributed by atoms with Crippen LogP contribution in [0.15, 0.2) is 28.9 Å². The van der Waals surface area contributed by atoms with Gasteiger partial charge in [0.15, 0.2) is 5.69 Å². The smallest absolute Gasteiger partial charge is 0.273 e. The Labute approximate surface area is 157 Å². The number of nitrogens with zero attached hydrogens (tertiary/aromatic N) is 2. The van der Waals surface area contributed by atoms with Crippen LogP contribution in [0, 0.1) is 0 Å². The van der Waals surface area contributed by atoms with Crippen LogP contribution in [0.2, 0.25) is 10.0 Å². The summed E-state index contributed by atoms with van der Waals surface area (Å²) in [6.07, 6.45) is 3.51. The van der Waals surface area contributed by atoms with E-state index in [1.54, 1.807) is 6.07 Å². The van der Waals surface area contributed by atoms with E-state index >= 15 is 0 Å². The molecule has 134 valence electrons. The van der Waals surface area contributed by atoms with E-state index in [1.807, 2.05) is 12.1 Å². The van der Waals surface area contributed by atoms with E-state index in [4.69, 9.17) is 27.6 Å². The Morgan fingerprint density at radius 2 is 2.08 bits per heavy atom. The molecule has 1 aliphatic carbocycles. The molecule has 1 aromatic heterocycles. The van der Waals surface area contributed by atoms with E-state index in [-0.39, 0.29) is 11.9 Å². The zero-order valence-corrected chi connectivity index (χ0v) is 15.8. The second-order valence-electron chi connectivity index (χ2n) is 6.62. The minimum absolute atomic E-state index is 0.168. The Kier molecular flexibility index (Phi) is 5.67. The maximum Gasteiger partial charge on any atom is 0.273 e. The molecule has 1 amide bonds. The lowest BCUT2D eigenvalue weighted by molar-refractivity contribution is 0.0946. The number of hydrogen-bond acceptors (Lipinski definition) is 4. The number of halogens is 2. The van der Waals surface area contributed by atoms with Crippen LogP contribution in [-0.2, 0) is 13.1 Å². The molecule has 2 aromatic rings. The Balaban J connectivity index is 1.66. The largest absolute Gasteiger partial charge is 0.447 e. The minimum atomic E-state index is -0.168. The molecule has 1 N–H and O–H groups in total. The molecule has 1 fully saturated rings. The van der Waals surface area contributed by atoms with Crippen molar-refractivity contribution in [1.82, 2.24) is 15.2 Å². The van der Waals surface area contributed by atoms with Crippen LogP contribution in [0.5, 0.6) is 0 Å². The molecule has 0 atom stereocenters.